The molecule has 1 fully saturated rings. The van der Waals surface area contributed by atoms with E-state index in [2.05, 4.69) is 30.6 Å². The molecule has 2 rings (SSSR count). The minimum absolute atomic E-state index is 0.0413. The van der Waals surface area contributed by atoms with Gasteiger partial charge in [0.15, 0.2) is 0 Å². The van der Waals surface area contributed by atoms with Gasteiger partial charge in [-0.3, -0.25) is 9.69 Å². The molecule has 1 aliphatic rings. The smallest absolute Gasteiger partial charge is 0.253 e. The summed E-state index contributed by atoms with van der Waals surface area (Å²) in [6.07, 6.45) is 1.07. The third-order valence-corrected chi connectivity index (χ3v) is 4.31. The van der Waals surface area contributed by atoms with E-state index in [1.54, 1.807) is 0 Å². The Morgan fingerprint density at radius 1 is 1.22 bits per heavy atom. The number of nitrogens with zero attached hydrogens (tertiary/aromatic N) is 2. The zero-order valence-electron chi connectivity index (χ0n) is 14.1. The standard InChI is InChI=1S/C19H26N2O2/c1-3-20(4-2)13-5-6-16-7-9-17(10-8-16)19(23)21-14-11-18(22)12-15-21/h7-10,18,22H,3-4,11-15H2,1-2H3. The van der Waals surface area contributed by atoms with Crippen LogP contribution in [-0.2, 0) is 0 Å². The molecule has 0 aliphatic carbocycles. The molecule has 4 heteroatoms. The van der Waals surface area contributed by atoms with Crippen LogP contribution in [0.25, 0.3) is 0 Å². The van der Waals surface area contributed by atoms with Crippen LogP contribution in [0.5, 0.6) is 0 Å². The van der Waals surface area contributed by atoms with Crippen LogP contribution in [0.2, 0.25) is 0 Å². The Morgan fingerprint density at radius 2 is 1.83 bits per heavy atom. The Morgan fingerprint density at radius 3 is 2.39 bits per heavy atom. The molecular formula is C19H26N2O2. The molecule has 0 radical (unpaired) electrons. The molecule has 1 saturated heterocycles. The summed E-state index contributed by atoms with van der Waals surface area (Å²) in [5.41, 5.74) is 1.62. The summed E-state index contributed by atoms with van der Waals surface area (Å²) < 4.78 is 0. The molecule has 4 nitrogen and oxygen atoms in total. The van der Waals surface area contributed by atoms with Crippen LogP contribution in [0.3, 0.4) is 0 Å². The second-order valence-corrected chi connectivity index (χ2v) is 5.86. The molecule has 124 valence electrons. The lowest BCUT2D eigenvalue weighted by molar-refractivity contribution is 0.0546. The van der Waals surface area contributed by atoms with Crippen molar-refractivity contribution in [2.45, 2.75) is 32.8 Å². The molecule has 23 heavy (non-hydrogen) atoms. The van der Waals surface area contributed by atoms with Crippen molar-refractivity contribution < 1.29 is 9.90 Å². The van der Waals surface area contributed by atoms with Gasteiger partial charge in [-0.05, 0) is 50.2 Å². The summed E-state index contributed by atoms with van der Waals surface area (Å²) in [5, 5.41) is 9.52. The maximum atomic E-state index is 12.4. The Labute approximate surface area is 139 Å². The van der Waals surface area contributed by atoms with Gasteiger partial charge in [-0.1, -0.05) is 25.7 Å². The normalized spacial score (nSPS) is 15.4. The Hall–Kier alpha value is -1.83. The number of aliphatic hydroxyl groups excluding tert-OH is 1. The van der Waals surface area contributed by atoms with Crippen molar-refractivity contribution in [1.29, 1.82) is 0 Å². The van der Waals surface area contributed by atoms with Crippen molar-refractivity contribution in [3.8, 4) is 11.8 Å². The first-order valence-corrected chi connectivity index (χ1v) is 8.42. The van der Waals surface area contributed by atoms with Crippen LogP contribution in [0.15, 0.2) is 24.3 Å². The topological polar surface area (TPSA) is 43.8 Å². The summed E-state index contributed by atoms with van der Waals surface area (Å²) in [4.78, 5) is 16.5. The van der Waals surface area contributed by atoms with Crippen LogP contribution in [-0.4, -0.2) is 59.6 Å². The highest BCUT2D eigenvalue weighted by Crippen LogP contribution is 2.14. The van der Waals surface area contributed by atoms with Crippen molar-refractivity contribution in [3.05, 3.63) is 35.4 Å². The number of likely N-dealkylation sites (tertiary alicyclic amines) is 1. The van der Waals surface area contributed by atoms with Crippen LogP contribution in [0.1, 0.15) is 42.6 Å². The van der Waals surface area contributed by atoms with E-state index in [9.17, 15) is 9.90 Å². The van der Waals surface area contributed by atoms with E-state index in [4.69, 9.17) is 0 Å². The van der Waals surface area contributed by atoms with E-state index in [0.717, 1.165) is 25.2 Å². The van der Waals surface area contributed by atoms with Crippen molar-refractivity contribution in [2.75, 3.05) is 32.7 Å². The molecule has 0 aromatic heterocycles. The zero-order chi connectivity index (χ0) is 16.7. The Balaban J connectivity index is 1.94. The number of aliphatic hydroxyl groups is 1. The first kappa shape index (κ1) is 17.5. The minimum Gasteiger partial charge on any atom is -0.393 e. The molecule has 1 aliphatic heterocycles. The molecule has 0 unspecified atom stereocenters. The molecule has 0 atom stereocenters. The Bertz CT molecular complexity index is 559. The Kier molecular flexibility index (Phi) is 6.64. The molecule has 0 bridgehead atoms. The number of piperidine rings is 1. The van der Waals surface area contributed by atoms with Gasteiger partial charge in [0.05, 0.1) is 12.6 Å². The number of carbonyl (C=O) groups excluding carboxylic acids is 1. The second-order valence-electron chi connectivity index (χ2n) is 5.86. The average Bonchev–Trinajstić information content (AvgIpc) is 2.59. The minimum atomic E-state index is -0.262. The highest BCUT2D eigenvalue weighted by Gasteiger charge is 2.21. The monoisotopic (exact) mass is 314 g/mol. The molecule has 1 heterocycles. The van der Waals surface area contributed by atoms with Crippen molar-refractivity contribution in [2.24, 2.45) is 0 Å². The van der Waals surface area contributed by atoms with Crippen molar-refractivity contribution >= 4 is 5.91 Å². The number of rotatable bonds is 4. The van der Waals surface area contributed by atoms with Gasteiger partial charge in [0.25, 0.3) is 5.91 Å². The fourth-order valence-corrected chi connectivity index (χ4v) is 2.65. The number of benzene rings is 1. The van der Waals surface area contributed by atoms with Crippen LogP contribution < -0.4 is 0 Å². The summed E-state index contributed by atoms with van der Waals surface area (Å²) in [7, 11) is 0. The molecule has 1 amide bonds. The van der Waals surface area contributed by atoms with Gasteiger partial charge in [0, 0.05) is 24.2 Å². The molecular weight excluding hydrogens is 288 g/mol. The largest absolute Gasteiger partial charge is 0.393 e. The summed E-state index contributed by atoms with van der Waals surface area (Å²) in [6, 6.07) is 7.49. The number of carbonyl (C=O) groups is 1. The number of amides is 1. The second kappa shape index (κ2) is 8.71. The fraction of sp³-hybridized carbons (Fsp3) is 0.526. The predicted octanol–water partition coefficient (Wildman–Crippen LogP) is 1.98. The SMILES string of the molecule is CCN(CC)CC#Cc1ccc(C(=O)N2CCC(O)CC2)cc1. The van der Waals surface area contributed by atoms with E-state index < -0.39 is 0 Å². The number of hydrogen-bond donors (Lipinski definition) is 1. The zero-order valence-corrected chi connectivity index (χ0v) is 14.1. The highest BCUT2D eigenvalue weighted by atomic mass is 16.3. The van der Waals surface area contributed by atoms with Gasteiger partial charge in [0.2, 0.25) is 0 Å². The van der Waals surface area contributed by atoms with Crippen LogP contribution in [0, 0.1) is 11.8 Å². The van der Waals surface area contributed by atoms with Gasteiger partial charge in [-0.2, -0.15) is 0 Å². The maximum Gasteiger partial charge on any atom is 0.253 e. The first-order valence-electron chi connectivity index (χ1n) is 8.42. The van der Waals surface area contributed by atoms with E-state index in [1.807, 2.05) is 29.2 Å². The first-order chi connectivity index (χ1) is 11.1. The van der Waals surface area contributed by atoms with Gasteiger partial charge < -0.3 is 10.0 Å². The van der Waals surface area contributed by atoms with Gasteiger partial charge in [-0.15, -0.1) is 0 Å². The maximum absolute atomic E-state index is 12.4. The molecule has 0 saturated carbocycles. The van der Waals surface area contributed by atoms with Crippen molar-refractivity contribution in [1.82, 2.24) is 9.80 Å². The van der Waals surface area contributed by atoms with Gasteiger partial charge >= 0.3 is 0 Å². The quantitative estimate of drug-likeness (QED) is 0.864. The third-order valence-electron chi connectivity index (χ3n) is 4.31. The third kappa shape index (κ3) is 5.09. The summed E-state index contributed by atoms with van der Waals surface area (Å²) >= 11 is 0. The predicted molar refractivity (Wildman–Crippen MR) is 92.3 cm³/mol. The summed E-state index contributed by atoms with van der Waals surface area (Å²) in [6.45, 7) is 8.29. The molecule has 1 aromatic carbocycles. The lowest BCUT2D eigenvalue weighted by atomic mass is 10.1. The van der Waals surface area contributed by atoms with Gasteiger partial charge in [-0.25, -0.2) is 0 Å². The lowest BCUT2D eigenvalue weighted by Crippen LogP contribution is -2.40. The van der Waals surface area contributed by atoms with E-state index in [1.165, 1.54) is 0 Å². The molecule has 1 aromatic rings. The summed E-state index contributed by atoms with van der Waals surface area (Å²) in [5.74, 6) is 6.36. The lowest BCUT2D eigenvalue weighted by Gasteiger charge is -2.29. The van der Waals surface area contributed by atoms with Gasteiger partial charge in [0.1, 0.15) is 0 Å². The van der Waals surface area contributed by atoms with Crippen LogP contribution >= 0.6 is 0 Å². The average molecular weight is 314 g/mol. The van der Waals surface area contributed by atoms with E-state index >= 15 is 0 Å². The molecule has 1 N–H and O–H groups in total. The number of hydrogen-bond acceptors (Lipinski definition) is 3. The van der Waals surface area contributed by atoms with Crippen LogP contribution in [0.4, 0.5) is 0 Å². The highest BCUT2D eigenvalue weighted by molar-refractivity contribution is 5.94. The van der Waals surface area contributed by atoms with E-state index in [0.29, 0.717) is 31.5 Å². The molecule has 0 spiro atoms. The fourth-order valence-electron chi connectivity index (χ4n) is 2.65. The van der Waals surface area contributed by atoms with Crippen molar-refractivity contribution in [3.63, 3.8) is 0 Å². The van der Waals surface area contributed by atoms with E-state index in [-0.39, 0.29) is 12.0 Å².